The third kappa shape index (κ3) is 4.10. The lowest BCUT2D eigenvalue weighted by molar-refractivity contribution is 0.0353. The Morgan fingerprint density at radius 2 is 1.85 bits per heavy atom. The second-order valence-corrected chi connectivity index (χ2v) is 4.45. The van der Waals surface area contributed by atoms with Crippen molar-refractivity contribution in [1.82, 2.24) is 5.32 Å². The first-order valence-electron chi connectivity index (χ1n) is 5.52. The van der Waals surface area contributed by atoms with Gasteiger partial charge >= 0.3 is 0 Å². The predicted molar refractivity (Wildman–Crippen MR) is 55.8 cm³/mol. The van der Waals surface area contributed by atoms with E-state index in [-0.39, 0.29) is 0 Å². The van der Waals surface area contributed by atoms with Gasteiger partial charge in [0.2, 0.25) is 0 Å². The lowest BCUT2D eigenvalue weighted by atomic mass is 9.86. The fourth-order valence-electron chi connectivity index (χ4n) is 1.89. The van der Waals surface area contributed by atoms with Crippen molar-refractivity contribution in [3.8, 4) is 0 Å². The maximum atomic E-state index is 5.64. The van der Waals surface area contributed by atoms with E-state index < -0.39 is 0 Å². The summed E-state index contributed by atoms with van der Waals surface area (Å²) in [5.74, 6) is 1.60. The van der Waals surface area contributed by atoms with Crippen LogP contribution in [0.1, 0.15) is 33.6 Å². The zero-order valence-corrected chi connectivity index (χ0v) is 9.18. The number of piperidine rings is 1. The molecule has 1 N–H and O–H groups in total. The topological polar surface area (TPSA) is 21.3 Å². The minimum Gasteiger partial charge on any atom is -0.379 e. The van der Waals surface area contributed by atoms with E-state index in [1.165, 1.54) is 25.9 Å². The number of ether oxygens (including phenoxy) is 1. The molecule has 2 nitrogen and oxygen atoms in total. The van der Waals surface area contributed by atoms with E-state index in [1.807, 2.05) is 0 Å². The molecule has 1 aliphatic rings. The van der Waals surface area contributed by atoms with Crippen LogP contribution in [0.25, 0.3) is 0 Å². The highest BCUT2D eigenvalue weighted by Crippen LogP contribution is 2.21. The molecule has 0 aromatic heterocycles. The van der Waals surface area contributed by atoms with Crippen molar-refractivity contribution in [3.63, 3.8) is 0 Å². The normalized spacial score (nSPS) is 22.2. The molecule has 2 heteroatoms. The highest BCUT2D eigenvalue weighted by atomic mass is 16.5. The van der Waals surface area contributed by atoms with E-state index in [4.69, 9.17) is 4.74 Å². The second kappa shape index (κ2) is 5.61. The predicted octanol–water partition coefficient (Wildman–Crippen LogP) is 2.05. The maximum absolute atomic E-state index is 5.64. The number of hydrogen-bond donors (Lipinski definition) is 1. The van der Waals surface area contributed by atoms with Gasteiger partial charge < -0.3 is 10.1 Å². The Labute approximate surface area is 82.0 Å². The molecule has 1 aliphatic heterocycles. The smallest absolute Gasteiger partial charge is 0.0519 e. The molecule has 0 amide bonds. The molecular formula is C11H23NO. The van der Waals surface area contributed by atoms with Gasteiger partial charge in [0.15, 0.2) is 0 Å². The standard InChI is InChI=1S/C11H23NO/c1-9(2)13-8-10(3)11-4-6-12-7-5-11/h9-12H,4-8H2,1-3H3. The van der Waals surface area contributed by atoms with Gasteiger partial charge in [-0.25, -0.2) is 0 Å². The Morgan fingerprint density at radius 3 is 2.38 bits per heavy atom. The first-order valence-corrected chi connectivity index (χ1v) is 5.52. The lowest BCUT2D eigenvalue weighted by Crippen LogP contribution is -2.32. The van der Waals surface area contributed by atoms with Crippen molar-refractivity contribution < 1.29 is 4.74 Å². The van der Waals surface area contributed by atoms with Crippen LogP contribution in [0.3, 0.4) is 0 Å². The fraction of sp³-hybridized carbons (Fsp3) is 1.00. The van der Waals surface area contributed by atoms with Gasteiger partial charge in [-0.2, -0.15) is 0 Å². The van der Waals surface area contributed by atoms with Gasteiger partial charge in [-0.3, -0.25) is 0 Å². The first kappa shape index (κ1) is 11.0. The fourth-order valence-corrected chi connectivity index (χ4v) is 1.89. The molecule has 0 aromatic carbocycles. The lowest BCUT2D eigenvalue weighted by Gasteiger charge is -2.28. The average molecular weight is 185 g/mol. The molecule has 13 heavy (non-hydrogen) atoms. The van der Waals surface area contributed by atoms with Crippen LogP contribution in [0.4, 0.5) is 0 Å². The summed E-state index contributed by atoms with van der Waals surface area (Å²) in [6, 6.07) is 0. The minimum absolute atomic E-state index is 0.379. The van der Waals surface area contributed by atoms with Crippen molar-refractivity contribution in [2.45, 2.75) is 39.7 Å². The molecule has 0 aromatic rings. The summed E-state index contributed by atoms with van der Waals surface area (Å²) in [5.41, 5.74) is 0. The summed E-state index contributed by atoms with van der Waals surface area (Å²) in [7, 11) is 0. The zero-order valence-electron chi connectivity index (χ0n) is 9.18. The van der Waals surface area contributed by atoms with Crippen molar-refractivity contribution in [2.75, 3.05) is 19.7 Å². The number of nitrogens with one attached hydrogen (secondary N) is 1. The van der Waals surface area contributed by atoms with E-state index in [0.717, 1.165) is 18.4 Å². The third-order valence-corrected chi connectivity index (χ3v) is 2.88. The van der Waals surface area contributed by atoms with Crippen LogP contribution in [-0.2, 0) is 4.74 Å². The number of hydrogen-bond acceptors (Lipinski definition) is 2. The minimum atomic E-state index is 0.379. The van der Waals surface area contributed by atoms with Crippen molar-refractivity contribution in [2.24, 2.45) is 11.8 Å². The average Bonchev–Trinajstić information content (AvgIpc) is 2.15. The molecule has 1 fully saturated rings. The first-order chi connectivity index (χ1) is 6.20. The zero-order chi connectivity index (χ0) is 9.68. The highest BCUT2D eigenvalue weighted by molar-refractivity contribution is 4.73. The summed E-state index contributed by atoms with van der Waals surface area (Å²) < 4.78 is 5.64. The van der Waals surface area contributed by atoms with Gasteiger partial charge in [-0.05, 0) is 51.6 Å². The molecule has 1 rings (SSSR count). The van der Waals surface area contributed by atoms with E-state index >= 15 is 0 Å². The quantitative estimate of drug-likeness (QED) is 0.723. The van der Waals surface area contributed by atoms with E-state index in [0.29, 0.717) is 6.10 Å². The van der Waals surface area contributed by atoms with Gasteiger partial charge in [-0.1, -0.05) is 6.92 Å². The van der Waals surface area contributed by atoms with Gasteiger partial charge in [0.1, 0.15) is 0 Å². The van der Waals surface area contributed by atoms with Crippen LogP contribution in [0.15, 0.2) is 0 Å². The Hall–Kier alpha value is -0.0800. The van der Waals surface area contributed by atoms with Crippen LogP contribution in [0.2, 0.25) is 0 Å². The third-order valence-electron chi connectivity index (χ3n) is 2.88. The van der Waals surface area contributed by atoms with Crippen LogP contribution in [0.5, 0.6) is 0 Å². The van der Waals surface area contributed by atoms with Crippen LogP contribution < -0.4 is 5.32 Å². The molecule has 78 valence electrons. The van der Waals surface area contributed by atoms with Gasteiger partial charge in [-0.15, -0.1) is 0 Å². The molecule has 0 spiro atoms. The summed E-state index contributed by atoms with van der Waals surface area (Å²) in [4.78, 5) is 0. The SMILES string of the molecule is CC(C)OCC(C)C1CCNCC1. The van der Waals surface area contributed by atoms with Crippen molar-refractivity contribution >= 4 is 0 Å². The van der Waals surface area contributed by atoms with Crippen molar-refractivity contribution in [1.29, 1.82) is 0 Å². The van der Waals surface area contributed by atoms with Gasteiger partial charge in [0, 0.05) is 6.61 Å². The summed E-state index contributed by atoms with van der Waals surface area (Å²) in [5, 5.41) is 3.39. The summed E-state index contributed by atoms with van der Waals surface area (Å²) >= 11 is 0. The molecular weight excluding hydrogens is 162 g/mol. The molecule has 0 radical (unpaired) electrons. The molecule has 1 atom stereocenters. The summed E-state index contributed by atoms with van der Waals surface area (Å²) in [6.45, 7) is 9.85. The van der Waals surface area contributed by atoms with E-state index in [1.54, 1.807) is 0 Å². The molecule has 0 bridgehead atoms. The Balaban J connectivity index is 2.17. The Morgan fingerprint density at radius 1 is 1.23 bits per heavy atom. The van der Waals surface area contributed by atoms with E-state index in [2.05, 4.69) is 26.1 Å². The Kier molecular flexibility index (Phi) is 4.74. The van der Waals surface area contributed by atoms with Crippen LogP contribution >= 0.6 is 0 Å². The Bertz CT molecular complexity index is 130. The van der Waals surface area contributed by atoms with Gasteiger partial charge in [0.25, 0.3) is 0 Å². The molecule has 1 saturated heterocycles. The maximum Gasteiger partial charge on any atom is 0.0519 e. The van der Waals surface area contributed by atoms with Gasteiger partial charge in [0.05, 0.1) is 6.10 Å². The molecule has 0 aliphatic carbocycles. The van der Waals surface area contributed by atoms with E-state index in [9.17, 15) is 0 Å². The molecule has 1 heterocycles. The monoisotopic (exact) mass is 185 g/mol. The summed E-state index contributed by atoms with van der Waals surface area (Å²) in [6.07, 6.45) is 3.02. The largest absolute Gasteiger partial charge is 0.379 e. The van der Waals surface area contributed by atoms with Crippen molar-refractivity contribution in [3.05, 3.63) is 0 Å². The molecule has 1 unspecified atom stereocenters. The molecule has 0 saturated carbocycles. The highest BCUT2D eigenvalue weighted by Gasteiger charge is 2.19. The van der Waals surface area contributed by atoms with Crippen LogP contribution in [0, 0.1) is 11.8 Å². The second-order valence-electron chi connectivity index (χ2n) is 4.45. The number of rotatable bonds is 4. The van der Waals surface area contributed by atoms with Crippen LogP contribution in [-0.4, -0.2) is 25.8 Å².